The number of halogens is 4. The second-order valence-corrected chi connectivity index (χ2v) is 7.69. The Bertz CT molecular complexity index is 704. The van der Waals surface area contributed by atoms with Gasteiger partial charge in [0.2, 0.25) is 5.91 Å². The van der Waals surface area contributed by atoms with Crippen molar-refractivity contribution in [1.29, 1.82) is 0 Å². The molecule has 0 bridgehead atoms. The summed E-state index contributed by atoms with van der Waals surface area (Å²) in [5.41, 5.74) is -0.812. The molecule has 3 unspecified atom stereocenters. The standard InChI is InChI=1S/C18H23F4N3O/c1-9(2)12-6-15-17(26)25(10(3)4)14-5-11(18(20,21)22)7-23-16(14)24(15)8-13(12)19/h5,7,9-10,12-13,15H,6,8H2,1-4H3. The summed E-state index contributed by atoms with van der Waals surface area (Å²) in [4.78, 5) is 20.0. The maximum atomic E-state index is 14.6. The molecule has 26 heavy (non-hydrogen) atoms. The molecule has 1 amide bonds. The van der Waals surface area contributed by atoms with Crippen LogP contribution in [0.5, 0.6) is 0 Å². The van der Waals surface area contributed by atoms with E-state index < -0.39 is 24.0 Å². The molecule has 0 spiro atoms. The van der Waals surface area contributed by atoms with Gasteiger partial charge in [-0.3, -0.25) is 4.79 Å². The van der Waals surface area contributed by atoms with Gasteiger partial charge in [0.1, 0.15) is 12.2 Å². The molecule has 1 fully saturated rings. The van der Waals surface area contributed by atoms with Gasteiger partial charge in [-0.2, -0.15) is 13.2 Å². The summed E-state index contributed by atoms with van der Waals surface area (Å²) >= 11 is 0. The molecule has 144 valence electrons. The highest BCUT2D eigenvalue weighted by Crippen LogP contribution is 2.44. The van der Waals surface area contributed by atoms with Gasteiger partial charge in [-0.25, -0.2) is 9.37 Å². The second kappa shape index (κ2) is 6.39. The van der Waals surface area contributed by atoms with Crippen LogP contribution in [0.4, 0.5) is 29.1 Å². The lowest BCUT2D eigenvalue weighted by Gasteiger charge is -2.49. The maximum Gasteiger partial charge on any atom is 0.417 e. The molecule has 1 saturated heterocycles. The van der Waals surface area contributed by atoms with E-state index >= 15 is 0 Å². The number of fused-ring (bicyclic) bond motifs is 3. The molecule has 0 aliphatic carbocycles. The fourth-order valence-electron chi connectivity index (χ4n) is 3.95. The Balaban J connectivity index is 2.10. The van der Waals surface area contributed by atoms with Gasteiger partial charge in [0.05, 0.1) is 17.8 Å². The third kappa shape index (κ3) is 3.03. The Kier molecular flexibility index (Phi) is 4.65. The molecule has 3 heterocycles. The molecule has 2 aliphatic heterocycles. The van der Waals surface area contributed by atoms with E-state index in [9.17, 15) is 22.4 Å². The van der Waals surface area contributed by atoms with Crippen LogP contribution in [-0.2, 0) is 11.0 Å². The number of pyridine rings is 1. The molecule has 8 heteroatoms. The molecular weight excluding hydrogens is 350 g/mol. The third-order valence-electron chi connectivity index (χ3n) is 5.31. The van der Waals surface area contributed by atoms with Crippen molar-refractivity contribution < 1.29 is 22.4 Å². The molecule has 0 N–H and O–H groups in total. The van der Waals surface area contributed by atoms with Crippen LogP contribution in [0, 0.1) is 11.8 Å². The van der Waals surface area contributed by atoms with Gasteiger partial charge in [-0.15, -0.1) is 0 Å². The van der Waals surface area contributed by atoms with E-state index in [1.165, 1.54) is 4.90 Å². The average Bonchev–Trinajstić information content (AvgIpc) is 2.52. The van der Waals surface area contributed by atoms with Crippen LogP contribution in [0.15, 0.2) is 12.3 Å². The van der Waals surface area contributed by atoms with Crippen molar-refractivity contribution in [2.24, 2.45) is 11.8 Å². The number of hydrogen-bond acceptors (Lipinski definition) is 3. The molecule has 0 radical (unpaired) electrons. The molecule has 2 aliphatic rings. The predicted molar refractivity (Wildman–Crippen MR) is 90.8 cm³/mol. The number of aromatic nitrogens is 1. The Hall–Kier alpha value is -1.86. The van der Waals surface area contributed by atoms with Gasteiger partial charge in [-0.1, -0.05) is 13.8 Å². The van der Waals surface area contributed by atoms with Crippen LogP contribution >= 0.6 is 0 Å². The van der Waals surface area contributed by atoms with Crippen molar-refractivity contribution in [2.75, 3.05) is 16.3 Å². The van der Waals surface area contributed by atoms with E-state index in [0.717, 1.165) is 12.3 Å². The average molecular weight is 373 g/mol. The van der Waals surface area contributed by atoms with Crippen molar-refractivity contribution in [1.82, 2.24) is 4.98 Å². The van der Waals surface area contributed by atoms with Crippen LogP contribution in [0.25, 0.3) is 0 Å². The Morgan fingerprint density at radius 2 is 1.88 bits per heavy atom. The zero-order valence-corrected chi connectivity index (χ0v) is 15.2. The summed E-state index contributed by atoms with van der Waals surface area (Å²) < 4.78 is 53.9. The summed E-state index contributed by atoms with van der Waals surface area (Å²) in [6.45, 7) is 7.30. The first-order valence-corrected chi connectivity index (χ1v) is 8.83. The summed E-state index contributed by atoms with van der Waals surface area (Å²) in [5.74, 6) is -0.216. The number of hydrogen-bond donors (Lipinski definition) is 0. The first kappa shape index (κ1) is 18.9. The number of rotatable bonds is 2. The number of amides is 1. The van der Waals surface area contributed by atoms with Gasteiger partial charge in [0, 0.05) is 12.2 Å². The van der Waals surface area contributed by atoms with Crippen LogP contribution in [0.3, 0.4) is 0 Å². The maximum absolute atomic E-state index is 14.6. The Labute approximate surface area is 150 Å². The van der Waals surface area contributed by atoms with E-state index in [1.807, 2.05) is 13.8 Å². The van der Waals surface area contributed by atoms with Gasteiger partial charge in [0.15, 0.2) is 5.82 Å². The van der Waals surface area contributed by atoms with Crippen LogP contribution in [-0.4, -0.2) is 35.7 Å². The van der Waals surface area contributed by atoms with Gasteiger partial charge < -0.3 is 9.80 Å². The van der Waals surface area contributed by atoms with Crippen molar-refractivity contribution >= 4 is 17.4 Å². The number of alkyl halides is 4. The highest BCUT2D eigenvalue weighted by atomic mass is 19.4. The molecular formula is C18H23F4N3O. The van der Waals surface area contributed by atoms with Crippen molar-refractivity contribution in [3.05, 3.63) is 17.8 Å². The monoisotopic (exact) mass is 373 g/mol. The summed E-state index contributed by atoms with van der Waals surface area (Å²) in [6.07, 6.45) is -4.62. The minimum Gasteiger partial charge on any atom is -0.340 e. The summed E-state index contributed by atoms with van der Waals surface area (Å²) in [6, 6.07) is 0.0286. The largest absolute Gasteiger partial charge is 0.417 e. The van der Waals surface area contributed by atoms with Gasteiger partial charge in [-0.05, 0) is 38.2 Å². The molecule has 3 atom stereocenters. The minimum atomic E-state index is -4.56. The summed E-state index contributed by atoms with van der Waals surface area (Å²) in [5, 5.41) is 0. The molecule has 4 nitrogen and oxygen atoms in total. The number of carbonyl (C=O) groups excluding carboxylic acids is 1. The van der Waals surface area contributed by atoms with Gasteiger partial charge in [0.25, 0.3) is 0 Å². The van der Waals surface area contributed by atoms with E-state index in [0.29, 0.717) is 6.42 Å². The summed E-state index contributed by atoms with van der Waals surface area (Å²) in [7, 11) is 0. The Morgan fingerprint density at radius 1 is 1.23 bits per heavy atom. The number of piperidine rings is 1. The van der Waals surface area contributed by atoms with Crippen molar-refractivity contribution in [2.45, 2.75) is 58.5 Å². The second-order valence-electron chi connectivity index (χ2n) is 7.69. The van der Waals surface area contributed by atoms with Crippen LogP contribution < -0.4 is 9.80 Å². The number of carbonyl (C=O) groups is 1. The molecule has 3 rings (SSSR count). The van der Waals surface area contributed by atoms with Crippen LogP contribution in [0.1, 0.15) is 39.7 Å². The first-order valence-electron chi connectivity index (χ1n) is 8.83. The van der Waals surface area contributed by atoms with Crippen molar-refractivity contribution in [3.63, 3.8) is 0 Å². The lowest BCUT2D eigenvalue weighted by atomic mass is 9.80. The molecule has 1 aromatic rings. The normalized spacial score (nSPS) is 26.4. The molecule has 1 aromatic heterocycles. The fourth-order valence-corrected chi connectivity index (χ4v) is 3.95. The smallest absolute Gasteiger partial charge is 0.340 e. The lowest BCUT2D eigenvalue weighted by Crippen LogP contribution is -2.61. The number of anilines is 2. The SMILES string of the molecule is CC(C)C1CC2C(=O)N(C(C)C)c3cc(C(F)(F)F)cnc3N2CC1F. The lowest BCUT2D eigenvalue weighted by molar-refractivity contribution is -0.138. The zero-order chi connectivity index (χ0) is 19.4. The molecule has 0 aromatic carbocycles. The molecule has 0 saturated carbocycles. The Morgan fingerprint density at radius 3 is 2.42 bits per heavy atom. The highest BCUT2D eigenvalue weighted by Gasteiger charge is 2.48. The van der Waals surface area contributed by atoms with Crippen LogP contribution in [0.2, 0.25) is 0 Å². The zero-order valence-electron chi connectivity index (χ0n) is 15.2. The van der Waals surface area contributed by atoms with Gasteiger partial charge >= 0.3 is 6.18 Å². The van der Waals surface area contributed by atoms with E-state index in [4.69, 9.17) is 0 Å². The van der Waals surface area contributed by atoms with Crippen molar-refractivity contribution in [3.8, 4) is 0 Å². The quantitative estimate of drug-likeness (QED) is 0.734. The highest BCUT2D eigenvalue weighted by molar-refractivity contribution is 6.05. The fraction of sp³-hybridized carbons (Fsp3) is 0.667. The minimum absolute atomic E-state index is 0.0312. The predicted octanol–water partition coefficient (Wildman–Crippen LogP) is 4.04. The van der Waals surface area contributed by atoms with E-state index in [2.05, 4.69) is 4.98 Å². The topological polar surface area (TPSA) is 36.4 Å². The third-order valence-corrected chi connectivity index (χ3v) is 5.31. The van der Waals surface area contributed by atoms with E-state index in [1.54, 1.807) is 18.7 Å². The van der Waals surface area contributed by atoms with E-state index in [-0.39, 0.29) is 41.8 Å². The first-order chi connectivity index (χ1) is 12.0. The number of nitrogens with zero attached hydrogens (tertiary/aromatic N) is 3.